The first-order valence-corrected chi connectivity index (χ1v) is 8.90. The molecule has 132 valence electrons. The monoisotopic (exact) mass is 325 g/mol. The third-order valence-corrected chi connectivity index (χ3v) is 5.90. The third-order valence-electron chi connectivity index (χ3n) is 5.90. The van der Waals surface area contributed by atoms with Gasteiger partial charge in [0.1, 0.15) is 0 Å². The summed E-state index contributed by atoms with van der Waals surface area (Å²) in [7, 11) is 5.76. The molecule has 6 heteroatoms. The van der Waals surface area contributed by atoms with E-state index in [9.17, 15) is 4.79 Å². The molecule has 6 nitrogen and oxygen atoms in total. The molecule has 1 unspecified atom stereocenters. The van der Waals surface area contributed by atoms with E-state index in [-0.39, 0.29) is 23.8 Å². The Morgan fingerprint density at radius 1 is 1.48 bits per heavy atom. The molecule has 2 heterocycles. The van der Waals surface area contributed by atoms with Gasteiger partial charge in [-0.2, -0.15) is 0 Å². The Bertz CT molecular complexity index is 427. The van der Waals surface area contributed by atoms with Gasteiger partial charge in [0.15, 0.2) is 0 Å². The van der Waals surface area contributed by atoms with Gasteiger partial charge in [0.05, 0.1) is 11.7 Å². The average Bonchev–Trinajstić information content (AvgIpc) is 2.86. The second-order valence-electron chi connectivity index (χ2n) is 7.59. The summed E-state index contributed by atoms with van der Waals surface area (Å²) in [6, 6.07) is 0.677. The summed E-state index contributed by atoms with van der Waals surface area (Å²) in [6.45, 7) is 2.46. The Hall–Kier alpha value is -0.850. The minimum atomic E-state index is 0.0423. The van der Waals surface area contributed by atoms with Gasteiger partial charge < -0.3 is 19.7 Å². The summed E-state index contributed by atoms with van der Waals surface area (Å²) in [4.78, 5) is 16.6. The van der Waals surface area contributed by atoms with E-state index in [1.54, 1.807) is 7.11 Å². The third kappa shape index (κ3) is 3.80. The quantitative estimate of drug-likeness (QED) is 0.850. The molecular weight excluding hydrogens is 294 g/mol. The molecule has 0 radical (unpaired) electrons. The molecule has 2 saturated heterocycles. The number of amides is 2. The molecule has 1 saturated carbocycles. The number of nitrogens with zero attached hydrogens (tertiary/aromatic N) is 2. The normalized spacial score (nSPS) is 33.4. The smallest absolute Gasteiger partial charge is 0.317 e. The number of hydrogen-bond acceptors (Lipinski definition) is 4. The molecule has 1 spiro atoms. The van der Waals surface area contributed by atoms with Crippen LogP contribution >= 0.6 is 0 Å². The number of ether oxygens (including phenoxy) is 2. The zero-order chi connectivity index (χ0) is 16.4. The number of likely N-dealkylation sites (N-methyl/N-ethyl adjacent to an activating group) is 2. The average molecular weight is 325 g/mol. The molecule has 2 amide bonds. The second-order valence-corrected chi connectivity index (χ2v) is 7.59. The van der Waals surface area contributed by atoms with E-state index in [1.807, 2.05) is 11.9 Å². The fourth-order valence-electron chi connectivity index (χ4n) is 4.17. The minimum Gasteiger partial charge on any atom is -0.380 e. The van der Waals surface area contributed by atoms with Crippen molar-refractivity contribution >= 4 is 6.03 Å². The van der Waals surface area contributed by atoms with Crippen LogP contribution in [0.2, 0.25) is 0 Å². The van der Waals surface area contributed by atoms with Crippen molar-refractivity contribution in [3.8, 4) is 0 Å². The Labute approximate surface area is 139 Å². The number of nitrogens with one attached hydrogen (secondary N) is 1. The fourth-order valence-corrected chi connectivity index (χ4v) is 4.17. The Morgan fingerprint density at radius 2 is 2.26 bits per heavy atom. The fraction of sp³-hybridized carbons (Fsp3) is 0.941. The van der Waals surface area contributed by atoms with Crippen LogP contribution in [-0.2, 0) is 9.47 Å². The molecule has 3 fully saturated rings. The number of methoxy groups -OCH3 is 1. The van der Waals surface area contributed by atoms with Gasteiger partial charge in [0, 0.05) is 45.9 Å². The minimum absolute atomic E-state index is 0.0423. The molecule has 0 aromatic heterocycles. The van der Waals surface area contributed by atoms with E-state index in [4.69, 9.17) is 9.47 Å². The summed E-state index contributed by atoms with van der Waals surface area (Å²) in [5.74, 6) is 0. The topological polar surface area (TPSA) is 54.0 Å². The van der Waals surface area contributed by atoms with Gasteiger partial charge in [-0.25, -0.2) is 4.79 Å². The molecule has 0 aromatic carbocycles. The summed E-state index contributed by atoms with van der Waals surface area (Å²) in [5.41, 5.74) is 0.0755. The molecule has 0 bridgehead atoms. The number of urea groups is 1. The Balaban J connectivity index is 1.46. The molecule has 1 N–H and O–H groups in total. The van der Waals surface area contributed by atoms with Crippen molar-refractivity contribution < 1.29 is 14.3 Å². The zero-order valence-electron chi connectivity index (χ0n) is 14.7. The molecule has 1 aliphatic carbocycles. The van der Waals surface area contributed by atoms with Gasteiger partial charge in [0.25, 0.3) is 0 Å². The predicted molar refractivity (Wildman–Crippen MR) is 88.5 cm³/mol. The Morgan fingerprint density at radius 3 is 2.87 bits per heavy atom. The first-order valence-electron chi connectivity index (χ1n) is 8.90. The highest BCUT2D eigenvalue weighted by Crippen LogP contribution is 2.42. The number of carbonyl (C=O) groups excluding carboxylic acids is 1. The maximum Gasteiger partial charge on any atom is 0.317 e. The highest BCUT2D eigenvalue weighted by Gasteiger charge is 2.43. The van der Waals surface area contributed by atoms with Crippen LogP contribution in [0.1, 0.15) is 38.5 Å². The van der Waals surface area contributed by atoms with Gasteiger partial charge in [-0.3, -0.25) is 4.90 Å². The number of carbonyl (C=O) groups is 1. The van der Waals surface area contributed by atoms with Crippen LogP contribution < -0.4 is 5.32 Å². The summed E-state index contributed by atoms with van der Waals surface area (Å²) >= 11 is 0. The highest BCUT2D eigenvalue weighted by atomic mass is 16.5. The van der Waals surface area contributed by atoms with Crippen LogP contribution in [0.4, 0.5) is 4.79 Å². The number of rotatable bonds is 4. The highest BCUT2D eigenvalue weighted by molar-refractivity contribution is 5.74. The maximum absolute atomic E-state index is 12.5. The number of likely N-dealkylation sites (tertiary alicyclic amines) is 1. The summed E-state index contributed by atoms with van der Waals surface area (Å²) < 4.78 is 11.4. The molecule has 2 aliphatic heterocycles. The van der Waals surface area contributed by atoms with Gasteiger partial charge >= 0.3 is 6.03 Å². The van der Waals surface area contributed by atoms with Gasteiger partial charge in [-0.05, 0) is 45.6 Å². The lowest BCUT2D eigenvalue weighted by atomic mass is 9.74. The van der Waals surface area contributed by atoms with Crippen molar-refractivity contribution in [1.29, 1.82) is 0 Å². The van der Waals surface area contributed by atoms with Crippen LogP contribution in [0.3, 0.4) is 0 Å². The second kappa shape index (κ2) is 6.95. The van der Waals surface area contributed by atoms with Gasteiger partial charge in [-0.1, -0.05) is 0 Å². The SMILES string of the molecule is CO[C@H]1C[C@@H](CN(C)C(=O)NC2CCOC3(CCC3)C2)N(C)C1. The van der Waals surface area contributed by atoms with Crippen LogP contribution in [-0.4, -0.2) is 80.5 Å². The predicted octanol–water partition coefficient (Wildman–Crippen LogP) is 1.45. The van der Waals surface area contributed by atoms with Crippen LogP contribution in [0.15, 0.2) is 0 Å². The standard InChI is InChI=1S/C17H31N3O3/c1-19-12-15(22-3)9-14(19)11-20(2)16(21)18-13-5-8-23-17(10-13)6-4-7-17/h13-15H,4-12H2,1-3H3,(H,18,21)/t13?,14-,15-/m0/s1. The zero-order valence-corrected chi connectivity index (χ0v) is 14.7. The van der Waals surface area contributed by atoms with Crippen molar-refractivity contribution in [1.82, 2.24) is 15.1 Å². The van der Waals surface area contributed by atoms with Crippen molar-refractivity contribution in [2.45, 2.75) is 62.3 Å². The lowest BCUT2D eigenvalue weighted by Gasteiger charge is -2.47. The van der Waals surface area contributed by atoms with E-state index in [1.165, 1.54) is 6.42 Å². The largest absolute Gasteiger partial charge is 0.380 e. The van der Waals surface area contributed by atoms with E-state index in [0.29, 0.717) is 6.04 Å². The lowest BCUT2D eigenvalue weighted by Crippen LogP contribution is -2.54. The van der Waals surface area contributed by atoms with Crippen molar-refractivity contribution in [2.24, 2.45) is 0 Å². The maximum atomic E-state index is 12.5. The molecular formula is C17H31N3O3. The van der Waals surface area contributed by atoms with E-state index in [0.717, 1.165) is 51.8 Å². The summed E-state index contributed by atoms with van der Waals surface area (Å²) in [6.07, 6.45) is 6.75. The van der Waals surface area contributed by atoms with Crippen LogP contribution in [0.5, 0.6) is 0 Å². The van der Waals surface area contributed by atoms with Gasteiger partial charge in [-0.15, -0.1) is 0 Å². The van der Waals surface area contributed by atoms with Crippen LogP contribution in [0, 0.1) is 0 Å². The van der Waals surface area contributed by atoms with Crippen molar-refractivity contribution in [3.05, 3.63) is 0 Å². The lowest BCUT2D eigenvalue weighted by molar-refractivity contribution is -0.134. The van der Waals surface area contributed by atoms with Crippen LogP contribution in [0.25, 0.3) is 0 Å². The van der Waals surface area contributed by atoms with Gasteiger partial charge in [0.2, 0.25) is 0 Å². The Kier molecular flexibility index (Phi) is 5.13. The van der Waals surface area contributed by atoms with E-state index < -0.39 is 0 Å². The molecule has 3 aliphatic rings. The molecule has 0 aromatic rings. The van der Waals surface area contributed by atoms with Crippen molar-refractivity contribution in [2.75, 3.05) is 40.9 Å². The molecule has 3 atom stereocenters. The first-order chi connectivity index (χ1) is 11.0. The summed E-state index contributed by atoms with van der Waals surface area (Å²) in [5, 5.41) is 3.21. The molecule has 23 heavy (non-hydrogen) atoms. The van der Waals surface area contributed by atoms with Crippen molar-refractivity contribution in [3.63, 3.8) is 0 Å². The molecule has 3 rings (SSSR count). The first kappa shape index (κ1) is 17.0. The number of hydrogen-bond donors (Lipinski definition) is 1. The van der Waals surface area contributed by atoms with E-state index >= 15 is 0 Å². The van der Waals surface area contributed by atoms with E-state index in [2.05, 4.69) is 17.3 Å².